The molecule has 5 aromatic rings. The van der Waals surface area contributed by atoms with Crippen molar-refractivity contribution >= 4 is 67.6 Å². The van der Waals surface area contributed by atoms with E-state index in [0.29, 0.717) is 17.1 Å². The Hall–Kier alpha value is -4.14. The number of nitrogens with zero attached hydrogens (tertiary/aromatic N) is 3. The predicted octanol–water partition coefficient (Wildman–Crippen LogP) is 8.32. The van der Waals surface area contributed by atoms with E-state index in [-0.39, 0.29) is 5.82 Å². The van der Waals surface area contributed by atoms with Crippen LogP contribution in [-0.4, -0.2) is 27.2 Å². The molecular formula is C31H23FN4OS2. The standard InChI is InChI=1S/C31H23FN4OS2/c1-18-7-12-24(27(38)15-18)30-22-5-3-4-6-23(22)31(36-35-30)34-20-8-10-21(11-9-20)39-28-13-14-33-25-16-19(32)17-26(37-2)29(25)28/h3-14,16-17H,15H2,1-2H3,(H,34,36). The van der Waals surface area contributed by atoms with E-state index in [9.17, 15) is 4.39 Å². The summed E-state index contributed by atoms with van der Waals surface area (Å²) in [6, 6.07) is 20.9. The highest BCUT2D eigenvalue weighted by Crippen LogP contribution is 2.39. The van der Waals surface area contributed by atoms with Crippen LogP contribution < -0.4 is 10.1 Å². The maximum atomic E-state index is 14.0. The van der Waals surface area contributed by atoms with Gasteiger partial charge in [-0.1, -0.05) is 66.0 Å². The van der Waals surface area contributed by atoms with E-state index in [2.05, 4.69) is 39.6 Å². The summed E-state index contributed by atoms with van der Waals surface area (Å²) in [5.74, 6) is 0.762. The molecule has 3 aromatic carbocycles. The highest BCUT2D eigenvalue weighted by molar-refractivity contribution is 7.99. The van der Waals surface area contributed by atoms with Gasteiger partial charge in [-0.05, 0) is 37.3 Å². The molecule has 0 amide bonds. The number of halogens is 1. The topological polar surface area (TPSA) is 59.9 Å². The number of methoxy groups -OCH3 is 1. The Balaban J connectivity index is 1.28. The highest BCUT2D eigenvalue weighted by Gasteiger charge is 2.18. The van der Waals surface area contributed by atoms with Crippen molar-refractivity contribution in [2.24, 2.45) is 0 Å². The molecule has 0 saturated carbocycles. The summed E-state index contributed by atoms with van der Waals surface area (Å²) in [4.78, 5) is 7.15. The number of thiocarbonyl (C=S) groups is 1. The van der Waals surface area contributed by atoms with Gasteiger partial charge in [0.25, 0.3) is 0 Å². The van der Waals surface area contributed by atoms with Gasteiger partial charge in [-0.25, -0.2) is 4.39 Å². The summed E-state index contributed by atoms with van der Waals surface area (Å²) in [6.07, 6.45) is 6.58. The van der Waals surface area contributed by atoms with Crippen molar-refractivity contribution in [3.63, 3.8) is 0 Å². The van der Waals surface area contributed by atoms with Crippen LogP contribution in [0.25, 0.3) is 27.2 Å². The molecule has 1 aliphatic carbocycles. The van der Waals surface area contributed by atoms with E-state index < -0.39 is 0 Å². The molecule has 0 bridgehead atoms. The average molecular weight is 551 g/mol. The fourth-order valence-electron chi connectivity index (χ4n) is 4.63. The van der Waals surface area contributed by atoms with Crippen molar-refractivity contribution in [1.82, 2.24) is 15.2 Å². The van der Waals surface area contributed by atoms with Gasteiger partial charge in [0.2, 0.25) is 0 Å². The lowest BCUT2D eigenvalue weighted by Crippen LogP contribution is -2.08. The first kappa shape index (κ1) is 25.2. The molecule has 0 unspecified atom stereocenters. The molecule has 0 fully saturated rings. The van der Waals surface area contributed by atoms with E-state index in [1.165, 1.54) is 24.8 Å². The lowest BCUT2D eigenvalue weighted by atomic mass is 9.94. The molecule has 0 spiro atoms. The largest absolute Gasteiger partial charge is 0.496 e. The maximum Gasteiger partial charge on any atom is 0.161 e. The smallest absolute Gasteiger partial charge is 0.161 e. The molecule has 1 aliphatic rings. The van der Waals surface area contributed by atoms with Crippen molar-refractivity contribution in [1.29, 1.82) is 0 Å². The van der Waals surface area contributed by atoms with Crippen molar-refractivity contribution in [3.05, 3.63) is 102 Å². The van der Waals surface area contributed by atoms with Crippen LogP contribution in [0.1, 0.15) is 19.0 Å². The fourth-order valence-corrected chi connectivity index (χ4v) is 5.99. The van der Waals surface area contributed by atoms with E-state index in [0.717, 1.165) is 54.2 Å². The van der Waals surface area contributed by atoms with Crippen LogP contribution in [0.2, 0.25) is 0 Å². The third kappa shape index (κ3) is 5.01. The molecule has 39 heavy (non-hydrogen) atoms. The van der Waals surface area contributed by atoms with Gasteiger partial charge in [0, 0.05) is 61.4 Å². The molecule has 6 rings (SSSR count). The Morgan fingerprint density at radius 1 is 0.974 bits per heavy atom. The molecule has 0 radical (unpaired) electrons. The maximum absolute atomic E-state index is 14.0. The van der Waals surface area contributed by atoms with Crippen molar-refractivity contribution < 1.29 is 9.13 Å². The van der Waals surface area contributed by atoms with Crippen LogP contribution in [0, 0.1) is 5.82 Å². The van der Waals surface area contributed by atoms with Crippen molar-refractivity contribution in [3.8, 4) is 5.75 Å². The van der Waals surface area contributed by atoms with E-state index in [4.69, 9.17) is 17.0 Å². The number of pyridine rings is 1. The summed E-state index contributed by atoms with van der Waals surface area (Å²) in [5, 5.41) is 15.3. The monoisotopic (exact) mass is 550 g/mol. The summed E-state index contributed by atoms with van der Waals surface area (Å²) in [5.41, 5.74) is 4.44. The van der Waals surface area contributed by atoms with Gasteiger partial charge in [-0.15, -0.1) is 10.2 Å². The summed E-state index contributed by atoms with van der Waals surface area (Å²) < 4.78 is 19.4. The minimum absolute atomic E-state index is 0.377. The number of benzene rings is 3. The third-order valence-electron chi connectivity index (χ3n) is 6.51. The zero-order valence-corrected chi connectivity index (χ0v) is 22.9. The van der Waals surface area contributed by atoms with Crippen LogP contribution in [0.4, 0.5) is 15.9 Å². The molecule has 8 heteroatoms. The van der Waals surface area contributed by atoms with Gasteiger partial charge in [-0.2, -0.15) is 0 Å². The minimum Gasteiger partial charge on any atom is -0.496 e. The molecule has 2 heterocycles. The van der Waals surface area contributed by atoms with E-state index >= 15 is 0 Å². The Labute approximate surface area is 234 Å². The molecular weight excluding hydrogens is 528 g/mol. The van der Waals surface area contributed by atoms with E-state index in [1.54, 1.807) is 18.0 Å². The summed E-state index contributed by atoms with van der Waals surface area (Å²) >= 11 is 7.24. The van der Waals surface area contributed by atoms with Gasteiger partial charge in [0.05, 0.1) is 18.0 Å². The van der Waals surface area contributed by atoms with Gasteiger partial charge in [0.15, 0.2) is 5.82 Å². The van der Waals surface area contributed by atoms with Gasteiger partial charge >= 0.3 is 0 Å². The average Bonchev–Trinajstić information content (AvgIpc) is 2.94. The lowest BCUT2D eigenvalue weighted by molar-refractivity contribution is 0.416. The first-order chi connectivity index (χ1) is 19.0. The molecule has 1 N–H and O–H groups in total. The summed E-state index contributed by atoms with van der Waals surface area (Å²) in [7, 11) is 1.54. The Morgan fingerprint density at radius 3 is 2.54 bits per heavy atom. The number of fused-ring (bicyclic) bond motifs is 2. The Morgan fingerprint density at radius 2 is 1.77 bits per heavy atom. The first-order valence-corrected chi connectivity index (χ1v) is 13.6. The normalized spacial score (nSPS) is 13.4. The van der Waals surface area contributed by atoms with E-state index in [1.807, 2.05) is 54.6 Å². The molecule has 2 aromatic heterocycles. The second-order valence-corrected chi connectivity index (χ2v) is 10.8. The SMILES string of the molecule is COc1cc(F)cc2nccc(Sc3ccc(Nc4nnc(C5=CC=C(C)CC5=S)c5ccccc45)cc3)c12. The second-order valence-electron chi connectivity index (χ2n) is 9.20. The zero-order valence-electron chi connectivity index (χ0n) is 21.2. The predicted molar refractivity (Wildman–Crippen MR) is 161 cm³/mol. The molecule has 192 valence electrons. The lowest BCUT2D eigenvalue weighted by Gasteiger charge is -2.16. The number of ether oxygens (including phenoxy) is 1. The number of anilines is 2. The fraction of sp³-hybridized carbons (Fsp3) is 0.0968. The van der Waals surface area contributed by atoms with Gasteiger partial charge in [0.1, 0.15) is 17.3 Å². The number of aromatic nitrogens is 3. The molecule has 0 atom stereocenters. The number of hydrogen-bond acceptors (Lipinski definition) is 7. The van der Waals surface area contributed by atoms with Crippen LogP contribution in [-0.2, 0) is 0 Å². The molecule has 0 saturated heterocycles. The summed E-state index contributed by atoms with van der Waals surface area (Å²) in [6.45, 7) is 2.08. The van der Waals surface area contributed by atoms with Crippen LogP contribution in [0.3, 0.4) is 0 Å². The molecule has 0 aliphatic heterocycles. The quantitative estimate of drug-likeness (QED) is 0.213. The van der Waals surface area contributed by atoms with Gasteiger partial charge in [-0.3, -0.25) is 4.98 Å². The van der Waals surface area contributed by atoms with Crippen molar-refractivity contribution in [2.45, 2.75) is 23.1 Å². The molecule has 5 nitrogen and oxygen atoms in total. The van der Waals surface area contributed by atoms with Crippen LogP contribution in [0.5, 0.6) is 5.75 Å². The number of hydrogen-bond donors (Lipinski definition) is 1. The first-order valence-electron chi connectivity index (χ1n) is 12.3. The zero-order chi connectivity index (χ0) is 26.9. The highest BCUT2D eigenvalue weighted by atomic mass is 32.2. The van der Waals surface area contributed by atoms with Crippen LogP contribution >= 0.6 is 24.0 Å². The van der Waals surface area contributed by atoms with Gasteiger partial charge < -0.3 is 10.1 Å². The second kappa shape index (κ2) is 10.6. The Kier molecular flexibility index (Phi) is 6.81. The van der Waals surface area contributed by atoms with Crippen LogP contribution in [0.15, 0.2) is 100 Å². The third-order valence-corrected chi connectivity index (χ3v) is 7.95. The number of nitrogens with one attached hydrogen (secondary N) is 1. The number of rotatable bonds is 6. The minimum atomic E-state index is -0.377. The van der Waals surface area contributed by atoms with Crippen molar-refractivity contribution in [2.75, 3.05) is 12.4 Å². The Bertz CT molecular complexity index is 1820. The number of allylic oxidation sites excluding steroid dienone is 4.